The number of hydrogen-bond donors (Lipinski definition) is 0. The summed E-state index contributed by atoms with van der Waals surface area (Å²) in [7, 11) is 1.60. The van der Waals surface area contributed by atoms with Crippen molar-refractivity contribution in [3.63, 3.8) is 0 Å². The van der Waals surface area contributed by atoms with Gasteiger partial charge in [-0.2, -0.15) is 0 Å². The minimum absolute atomic E-state index is 0.279. The lowest BCUT2D eigenvalue weighted by Crippen LogP contribution is -2.06. The van der Waals surface area contributed by atoms with Crippen LogP contribution in [-0.2, 0) is 9.53 Å². The highest BCUT2D eigenvalue weighted by molar-refractivity contribution is 9.09. The monoisotopic (exact) mass is 356 g/mol. The van der Waals surface area contributed by atoms with E-state index in [1.54, 1.807) is 14.0 Å². The van der Waals surface area contributed by atoms with E-state index in [2.05, 4.69) is 15.9 Å². The van der Waals surface area contributed by atoms with Crippen molar-refractivity contribution in [2.24, 2.45) is 0 Å². The Balaban J connectivity index is 3.03. The number of alkyl halides is 1. The molecular weight excluding hydrogens is 336 g/mol. The molecule has 0 aliphatic rings. The maximum absolute atomic E-state index is 11.8. The van der Waals surface area contributed by atoms with Crippen molar-refractivity contribution in [3.8, 4) is 11.5 Å². The number of carbonyl (C=O) groups is 1. The normalized spacial score (nSPS) is 11.1. The molecule has 21 heavy (non-hydrogen) atoms. The summed E-state index contributed by atoms with van der Waals surface area (Å²) in [6, 6.07) is 5.57. The largest absolute Gasteiger partial charge is 0.493 e. The van der Waals surface area contributed by atoms with Gasteiger partial charge in [0.25, 0.3) is 0 Å². The summed E-state index contributed by atoms with van der Waals surface area (Å²) in [4.78, 5) is 11.8. The topological polar surface area (TPSA) is 44.8 Å². The number of benzene rings is 1. The lowest BCUT2D eigenvalue weighted by Gasteiger charge is -2.11. The molecule has 1 aromatic carbocycles. The van der Waals surface area contributed by atoms with Gasteiger partial charge in [0.15, 0.2) is 11.5 Å². The molecule has 0 aromatic heterocycles. The Kier molecular flexibility index (Phi) is 7.90. The van der Waals surface area contributed by atoms with Crippen molar-refractivity contribution < 1.29 is 19.0 Å². The Morgan fingerprint density at radius 1 is 1.29 bits per heavy atom. The molecule has 5 heteroatoms. The summed E-state index contributed by atoms with van der Waals surface area (Å²) in [5.41, 5.74) is 1.51. The van der Waals surface area contributed by atoms with Crippen LogP contribution in [0.2, 0.25) is 0 Å². The summed E-state index contributed by atoms with van der Waals surface area (Å²) in [6.45, 7) is 4.64. The standard InChI is InChI=1S/C16H21BrO4/c1-4-13(16(18)20-5-2)10-12-6-7-14(19-3)15(11-12)21-9-8-17/h6-7,10-11H,4-5,8-9H2,1-3H3/b13-10+. The summed E-state index contributed by atoms with van der Waals surface area (Å²) in [6.07, 6.45) is 2.43. The van der Waals surface area contributed by atoms with Crippen LogP contribution in [0.25, 0.3) is 6.08 Å². The number of hydrogen-bond acceptors (Lipinski definition) is 4. The maximum Gasteiger partial charge on any atom is 0.333 e. The molecule has 0 aliphatic heterocycles. The van der Waals surface area contributed by atoms with Crippen molar-refractivity contribution in [2.45, 2.75) is 20.3 Å². The van der Waals surface area contributed by atoms with Crippen molar-refractivity contribution in [1.29, 1.82) is 0 Å². The van der Waals surface area contributed by atoms with Crippen LogP contribution in [0.3, 0.4) is 0 Å². The minimum Gasteiger partial charge on any atom is -0.493 e. The third-order valence-electron chi connectivity index (χ3n) is 2.78. The number of methoxy groups -OCH3 is 1. The van der Waals surface area contributed by atoms with Crippen molar-refractivity contribution in [1.82, 2.24) is 0 Å². The van der Waals surface area contributed by atoms with Gasteiger partial charge in [0.2, 0.25) is 0 Å². The van der Waals surface area contributed by atoms with Crippen LogP contribution >= 0.6 is 15.9 Å². The van der Waals surface area contributed by atoms with E-state index in [4.69, 9.17) is 14.2 Å². The molecule has 0 fully saturated rings. The van der Waals surface area contributed by atoms with E-state index < -0.39 is 0 Å². The van der Waals surface area contributed by atoms with Gasteiger partial charge in [0.05, 0.1) is 20.3 Å². The second-order valence-electron chi connectivity index (χ2n) is 4.19. The molecular formula is C16H21BrO4. The van der Waals surface area contributed by atoms with Crippen LogP contribution in [-0.4, -0.2) is 31.6 Å². The summed E-state index contributed by atoms with van der Waals surface area (Å²) in [5.74, 6) is 1.05. The number of halogens is 1. The molecule has 0 saturated heterocycles. The van der Waals surface area contributed by atoms with E-state index in [1.165, 1.54) is 0 Å². The maximum atomic E-state index is 11.8. The highest BCUT2D eigenvalue weighted by atomic mass is 79.9. The molecule has 0 heterocycles. The third kappa shape index (κ3) is 5.42. The molecule has 4 nitrogen and oxygen atoms in total. The van der Waals surface area contributed by atoms with Gasteiger partial charge in [0.1, 0.15) is 0 Å². The minimum atomic E-state index is -0.279. The van der Waals surface area contributed by atoms with Gasteiger partial charge < -0.3 is 14.2 Å². The van der Waals surface area contributed by atoms with E-state index in [9.17, 15) is 4.79 Å². The summed E-state index contributed by atoms with van der Waals surface area (Å²) >= 11 is 3.32. The third-order valence-corrected chi connectivity index (χ3v) is 3.11. The van der Waals surface area contributed by atoms with Crippen LogP contribution in [0.5, 0.6) is 11.5 Å². The fourth-order valence-electron chi connectivity index (χ4n) is 1.77. The first-order chi connectivity index (χ1) is 10.2. The number of ether oxygens (including phenoxy) is 3. The Morgan fingerprint density at radius 2 is 2.05 bits per heavy atom. The van der Waals surface area contributed by atoms with Gasteiger partial charge in [-0.15, -0.1) is 0 Å². The van der Waals surface area contributed by atoms with Crippen LogP contribution in [0.1, 0.15) is 25.8 Å². The Bertz CT molecular complexity index is 497. The molecule has 0 spiro atoms. The van der Waals surface area contributed by atoms with Crippen molar-refractivity contribution in [3.05, 3.63) is 29.3 Å². The lowest BCUT2D eigenvalue weighted by atomic mass is 10.1. The predicted molar refractivity (Wildman–Crippen MR) is 87.2 cm³/mol. The zero-order chi connectivity index (χ0) is 15.7. The molecule has 0 radical (unpaired) electrons. The van der Waals surface area contributed by atoms with Gasteiger partial charge in [-0.3, -0.25) is 0 Å². The van der Waals surface area contributed by atoms with Crippen LogP contribution in [0.15, 0.2) is 23.8 Å². The summed E-state index contributed by atoms with van der Waals surface area (Å²) < 4.78 is 15.9. The van der Waals surface area contributed by atoms with Crippen LogP contribution in [0, 0.1) is 0 Å². The second-order valence-corrected chi connectivity index (χ2v) is 4.98. The van der Waals surface area contributed by atoms with Gasteiger partial charge in [-0.05, 0) is 37.1 Å². The van der Waals surface area contributed by atoms with Gasteiger partial charge in [-0.25, -0.2) is 4.79 Å². The smallest absolute Gasteiger partial charge is 0.333 e. The molecule has 0 atom stereocenters. The molecule has 0 saturated carbocycles. The lowest BCUT2D eigenvalue weighted by molar-refractivity contribution is -0.138. The van der Waals surface area contributed by atoms with Gasteiger partial charge in [-0.1, -0.05) is 28.9 Å². The first-order valence-corrected chi connectivity index (χ1v) is 8.02. The zero-order valence-corrected chi connectivity index (χ0v) is 14.2. The molecule has 0 aliphatic carbocycles. The molecule has 0 amide bonds. The quantitative estimate of drug-likeness (QED) is 0.403. The second kappa shape index (κ2) is 9.45. The molecule has 0 unspecified atom stereocenters. The summed E-state index contributed by atoms with van der Waals surface area (Å²) in [5, 5.41) is 0.735. The predicted octanol–water partition coefficient (Wildman–Crippen LogP) is 3.83. The number of esters is 1. The van der Waals surface area contributed by atoms with Crippen LogP contribution in [0.4, 0.5) is 0 Å². The fraction of sp³-hybridized carbons (Fsp3) is 0.438. The van der Waals surface area contributed by atoms with Crippen molar-refractivity contribution in [2.75, 3.05) is 25.7 Å². The van der Waals surface area contributed by atoms with E-state index in [1.807, 2.05) is 31.2 Å². The number of rotatable bonds is 8. The average Bonchev–Trinajstić information content (AvgIpc) is 2.50. The number of carbonyl (C=O) groups excluding carboxylic acids is 1. The highest BCUT2D eigenvalue weighted by Crippen LogP contribution is 2.29. The Morgan fingerprint density at radius 3 is 2.62 bits per heavy atom. The molecule has 0 N–H and O–H groups in total. The van der Waals surface area contributed by atoms with E-state index in [0.29, 0.717) is 36.7 Å². The van der Waals surface area contributed by atoms with Gasteiger partial charge in [0, 0.05) is 10.9 Å². The SMILES string of the molecule is CCOC(=O)/C(=C/c1ccc(OC)c(OCCBr)c1)CC. The highest BCUT2D eigenvalue weighted by Gasteiger charge is 2.10. The van der Waals surface area contributed by atoms with E-state index >= 15 is 0 Å². The molecule has 1 rings (SSSR count). The van der Waals surface area contributed by atoms with Crippen molar-refractivity contribution >= 4 is 28.0 Å². The molecule has 0 bridgehead atoms. The Labute approximate surface area is 134 Å². The van der Waals surface area contributed by atoms with Gasteiger partial charge >= 0.3 is 5.97 Å². The molecule has 1 aromatic rings. The van der Waals surface area contributed by atoms with E-state index in [-0.39, 0.29) is 5.97 Å². The van der Waals surface area contributed by atoms with Crippen LogP contribution < -0.4 is 9.47 Å². The zero-order valence-electron chi connectivity index (χ0n) is 12.6. The Hall–Kier alpha value is -1.49. The first kappa shape index (κ1) is 17.6. The molecule has 116 valence electrons. The fourth-order valence-corrected chi connectivity index (χ4v) is 1.94. The first-order valence-electron chi connectivity index (χ1n) is 6.90. The van der Waals surface area contributed by atoms with E-state index in [0.717, 1.165) is 10.9 Å². The average molecular weight is 357 g/mol.